The Labute approximate surface area is 109 Å². The summed E-state index contributed by atoms with van der Waals surface area (Å²) >= 11 is 0. The van der Waals surface area contributed by atoms with Gasteiger partial charge in [-0.1, -0.05) is 13.3 Å². The highest BCUT2D eigenvalue weighted by Crippen LogP contribution is 2.24. The van der Waals surface area contributed by atoms with E-state index in [9.17, 15) is 5.11 Å². The molecule has 5 nitrogen and oxygen atoms in total. The highest BCUT2D eigenvalue weighted by Gasteiger charge is 2.14. The fourth-order valence-corrected chi connectivity index (χ4v) is 2.01. The molecular formula is C13H24N4O. The molecular weight excluding hydrogens is 228 g/mol. The second kappa shape index (κ2) is 7.16. The molecule has 2 N–H and O–H groups in total. The van der Waals surface area contributed by atoms with E-state index in [0.717, 1.165) is 36.6 Å². The van der Waals surface area contributed by atoms with Crippen LogP contribution in [0.15, 0.2) is 6.33 Å². The molecule has 0 aliphatic rings. The molecule has 0 saturated carbocycles. The zero-order chi connectivity index (χ0) is 13.5. The second-order valence-corrected chi connectivity index (χ2v) is 4.53. The molecule has 0 spiro atoms. The van der Waals surface area contributed by atoms with Gasteiger partial charge in [-0.3, -0.25) is 0 Å². The minimum atomic E-state index is -0.373. The molecule has 1 unspecified atom stereocenters. The molecule has 0 bridgehead atoms. The molecule has 0 aliphatic heterocycles. The van der Waals surface area contributed by atoms with E-state index in [4.69, 9.17) is 0 Å². The molecule has 1 heterocycles. The van der Waals surface area contributed by atoms with E-state index in [-0.39, 0.29) is 6.10 Å². The van der Waals surface area contributed by atoms with E-state index < -0.39 is 0 Å². The number of aliphatic hydroxyl groups excluding tert-OH is 1. The number of aliphatic hydroxyl groups is 1. The molecule has 1 rings (SSSR count). The molecule has 0 amide bonds. The van der Waals surface area contributed by atoms with Crippen molar-refractivity contribution in [3.63, 3.8) is 0 Å². The molecule has 102 valence electrons. The summed E-state index contributed by atoms with van der Waals surface area (Å²) in [7, 11) is 1.95. The second-order valence-electron chi connectivity index (χ2n) is 4.53. The SMILES string of the molecule is CCCc1c(NCC)ncnc1N(C)CC(C)O. The first-order chi connectivity index (χ1) is 8.60. The van der Waals surface area contributed by atoms with Crippen molar-refractivity contribution < 1.29 is 5.11 Å². The summed E-state index contributed by atoms with van der Waals surface area (Å²) in [6.45, 7) is 7.38. The van der Waals surface area contributed by atoms with Crippen molar-refractivity contribution in [1.82, 2.24) is 9.97 Å². The van der Waals surface area contributed by atoms with Crippen LogP contribution in [0, 0.1) is 0 Å². The monoisotopic (exact) mass is 252 g/mol. The molecule has 0 aliphatic carbocycles. The van der Waals surface area contributed by atoms with Crippen molar-refractivity contribution >= 4 is 11.6 Å². The van der Waals surface area contributed by atoms with Crippen molar-refractivity contribution in [3.8, 4) is 0 Å². The summed E-state index contributed by atoms with van der Waals surface area (Å²) in [6.07, 6.45) is 3.18. The fraction of sp³-hybridized carbons (Fsp3) is 0.692. The Morgan fingerprint density at radius 2 is 2.11 bits per heavy atom. The average molecular weight is 252 g/mol. The molecule has 1 aromatic rings. The molecule has 1 atom stereocenters. The van der Waals surface area contributed by atoms with Gasteiger partial charge in [-0.05, 0) is 20.3 Å². The topological polar surface area (TPSA) is 61.3 Å². The summed E-state index contributed by atoms with van der Waals surface area (Å²) in [5, 5.41) is 12.7. The summed E-state index contributed by atoms with van der Waals surface area (Å²) in [4.78, 5) is 10.6. The summed E-state index contributed by atoms with van der Waals surface area (Å²) in [5.74, 6) is 1.81. The van der Waals surface area contributed by atoms with Gasteiger partial charge in [0.25, 0.3) is 0 Å². The molecule has 1 aromatic heterocycles. The number of hydrogen-bond donors (Lipinski definition) is 2. The molecule has 0 saturated heterocycles. The van der Waals surface area contributed by atoms with Gasteiger partial charge in [0, 0.05) is 25.7 Å². The van der Waals surface area contributed by atoms with Crippen LogP contribution in [0.4, 0.5) is 11.6 Å². The summed E-state index contributed by atoms with van der Waals surface area (Å²) in [5.41, 5.74) is 1.13. The maximum atomic E-state index is 9.48. The number of anilines is 2. The zero-order valence-corrected chi connectivity index (χ0v) is 11.8. The minimum Gasteiger partial charge on any atom is -0.392 e. The third-order valence-corrected chi connectivity index (χ3v) is 2.67. The first-order valence-electron chi connectivity index (χ1n) is 6.57. The van der Waals surface area contributed by atoms with Crippen LogP contribution in [-0.2, 0) is 6.42 Å². The van der Waals surface area contributed by atoms with Crippen LogP contribution in [0.1, 0.15) is 32.8 Å². The largest absolute Gasteiger partial charge is 0.392 e. The van der Waals surface area contributed by atoms with Crippen molar-refractivity contribution in [2.24, 2.45) is 0 Å². The number of rotatable bonds is 7. The van der Waals surface area contributed by atoms with Gasteiger partial charge in [0.05, 0.1) is 6.10 Å². The van der Waals surface area contributed by atoms with E-state index in [1.807, 2.05) is 11.9 Å². The lowest BCUT2D eigenvalue weighted by atomic mass is 10.1. The molecule has 0 radical (unpaired) electrons. The number of hydrogen-bond acceptors (Lipinski definition) is 5. The summed E-state index contributed by atoms with van der Waals surface area (Å²) < 4.78 is 0. The van der Waals surface area contributed by atoms with E-state index in [1.54, 1.807) is 13.3 Å². The maximum absolute atomic E-state index is 9.48. The fourth-order valence-electron chi connectivity index (χ4n) is 2.01. The van der Waals surface area contributed by atoms with Crippen LogP contribution in [0.3, 0.4) is 0 Å². The van der Waals surface area contributed by atoms with Crippen LogP contribution in [0.5, 0.6) is 0 Å². The normalized spacial score (nSPS) is 12.3. The van der Waals surface area contributed by atoms with Crippen LogP contribution >= 0.6 is 0 Å². The van der Waals surface area contributed by atoms with Gasteiger partial charge in [-0.25, -0.2) is 9.97 Å². The van der Waals surface area contributed by atoms with Gasteiger partial charge in [0.2, 0.25) is 0 Å². The lowest BCUT2D eigenvalue weighted by molar-refractivity contribution is 0.201. The molecule has 5 heteroatoms. The third kappa shape index (κ3) is 3.84. The van der Waals surface area contributed by atoms with Crippen molar-refractivity contribution in [2.75, 3.05) is 30.4 Å². The third-order valence-electron chi connectivity index (χ3n) is 2.67. The first kappa shape index (κ1) is 14.7. The minimum absolute atomic E-state index is 0.373. The Bertz CT molecular complexity index is 368. The van der Waals surface area contributed by atoms with E-state index in [1.165, 1.54) is 0 Å². The zero-order valence-electron chi connectivity index (χ0n) is 11.8. The quantitative estimate of drug-likeness (QED) is 0.773. The van der Waals surface area contributed by atoms with Crippen molar-refractivity contribution in [3.05, 3.63) is 11.9 Å². The van der Waals surface area contributed by atoms with Crippen LogP contribution < -0.4 is 10.2 Å². The Hall–Kier alpha value is -1.36. The highest BCUT2D eigenvalue weighted by atomic mass is 16.3. The lowest BCUT2D eigenvalue weighted by Gasteiger charge is -2.23. The first-order valence-corrected chi connectivity index (χ1v) is 6.57. The predicted octanol–water partition coefficient (Wildman–Crippen LogP) is 1.68. The molecule has 18 heavy (non-hydrogen) atoms. The maximum Gasteiger partial charge on any atom is 0.137 e. The van der Waals surface area contributed by atoms with Gasteiger partial charge < -0.3 is 15.3 Å². The Balaban J connectivity index is 3.04. The van der Waals surface area contributed by atoms with Gasteiger partial charge in [-0.15, -0.1) is 0 Å². The van der Waals surface area contributed by atoms with Crippen molar-refractivity contribution in [1.29, 1.82) is 0 Å². The smallest absolute Gasteiger partial charge is 0.137 e. The average Bonchev–Trinajstić information content (AvgIpc) is 2.31. The summed E-state index contributed by atoms with van der Waals surface area (Å²) in [6, 6.07) is 0. The van der Waals surface area contributed by atoms with Crippen LogP contribution in [0.25, 0.3) is 0 Å². The number of nitrogens with one attached hydrogen (secondary N) is 1. The lowest BCUT2D eigenvalue weighted by Crippen LogP contribution is -2.29. The van der Waals surface area contributed by atoms with Gasteiger partial charge in [-0.2, -0.15) is 0 Å². The molecule has 0 aromatic carbocycles. The highest BCUT2D eigenvalue weighted by molar-refractivity contribution is 5.58. The van der Waals surface area contributed by atoms with Crippen molar-refractivity contribution in [2.45, 2.75) is 39.7 Å². The van der Waals surface area contributed by atoms with E-state index >= 15 is 0 Å². The number of likely N-dealkylation sites (N-methyl/N-ethyl adjacent to an activating group) is 1. The number of nitrogens with zero attached hydrogens (tertiary/aromatic N) is 3. The van der Waals surface area contributed by atoms with Gasteiger partial charge >= 0.3 is 0 Å². The van der Waals surface area contributed by atoms with Crippen LogP contribution in [0.2, 0.25) is 0 Å². The Morgan fingerprint density at radius 1 is 1.39 bits per heavy atom. The Morgan fingerprint density at radius 3 is 2.67 bits per heavy atom. The molecule has 0 fully saturated rings. The number of aromatic nitrogens is 2. The van der Waals surface area contributed by atoms with Gasteiger partial charge in [0.15, 0.2) is 0 Å². The standard InChI is InChI=1S/C13H24N4O/c1-5-7-11-12(14-6-2)15-9-16-13(11)17(4)8-10(3)18/h9-10,18H,5-8H2,1-4H3,(H,14,15,16). The Kier molecular flexibility index (Phi) is 5.85. The van der Waals surface area contributed by atoms with Crippen LogP contribution in [-0.4, -0.2) is 41.3 Å². The van der Waals surface area contributed by atoms with E-state index in [0.29, 0.717) is 6.54 Å². The predicted molar refractivity (Wildman–Crippen MR) is 75.1 cm³/mol. The van der Waals surface area contributed by atoms with Gasteiger partial charge in [0.1, 0.15) is 18.0 Å². The van der Waals surface area contributed by atoms with E-state index in [2.05, 4.69) is 29.1 Å².